The zero-order valence-electron chi connectivity index (χ0n) is 9.59. The summed E-state index contributed by atoms with van der Waals surface area (Å²) < 4.78 is 10.6. The average molecular weight is 223 g/mol. The second kappa shape index (κ2) is 4.26. The number of benzene rings is 2. The minimum Gasteiger partial charge on any atom is -0.541 e. The lowest BCUT2D eigenvalue weighted by Gasteiger charge is -2.20. The molecule has 0 bridgehead atoms. The fraction of sp³-hybridized carbons (Fsp3) is 0.143. The standard InChI is InChI=1S/C14H12BO2/c1-10-8-14(17-15-16-10)13-7-6-11-4-2-3-5-12(11)9-13/h2-9,14H,1H3. The fourth-order valence-corrected chi connectivity index (χ4v) is 2.01. The zero-order chi connectivity index (χ0) is 11.7. The van der Waals surface area contributed by atoms with Gasteiger partial charge in [0, 0.05) is 0 Å². The van der Waals surface area contributed by atoms with Gasteiger partial charge >= 0.3 is 7.69 Å². The van der Waals surface area contributed by atoms with E-state index in [9.17, 15) is 0 Å². The third-order valence-corrected chi connectivity index (χ3v) is 2.92. The molecule has 0 saturated carbocycles. The SMILES string of the molecule is CC1=CC(c2ccc3ccccc3c2)O[B]O1. The summed E-state index contributed by atoms with van der Waals surface area (Å²) in [4.78, 5) is 0. The highest BCUT2D eigenvalue weighted by molar-refractivity contribution is 6.19. The predicted molar refractivity (Wildman–Crippen MR) is 68.4 cm³/mol. The largest absolute Gasteiger partial charge is 0.572 e. The maximum atomic E-state index is 5.46. The van der Waals surface area contributed by atoms with E-state index in [4.69, 9.17) is 9.31 Å². The van der Waals surface area contributed by atoms with Crippen molar-refractivity contribution in [1.82, 2.24) is 0 Å². The van der Waals surface area contributed by atoms with Crippen LogP contribution in [0.4, 0.5) is 0 Å². The van der Waals surface area contributed by atoms with E-state index < -0.39 is 0 Å². The molecule has 0 aromatic heterocycles. The summed E-state index contributed by atoms with van der Waals surface area (Å²) in [5, 5.41) is 2.47. The first-order valence-electron chi connectivity index (χ1n) is 5.64. The second-order valence-corrected chi connectivity index (χ2v) is 4.15. The first-order chi connectivity index (χ1) is 8.33. The van der Waals surface area contributed by atoms with Crippen LogP contribution in [0.2, 0.25) is 0 Å². The van der Waals surface area contributed by atoms with Gasteiger partial charge in [0.1, 0.15) is 0 Å². The Hall–Kier alpha value is -1.74. The van der Waals surface area contributed by atoms with Crippen LogP contribution >= 0.6 is 0 Å². The minimum atomic E-state index is -0.0478. The summed E-state index contributed by atoms with van der Waals surface area (Å²) in [6.07, 6.45) is 1.93. The van der Waals surface area contributed by atoms with Gasteiger partial charge < -0.3 is 9.31 Å². The highest BCUT2D eigenvalue weighted by Crippen LogP contribution is 2.26. The van der Waals surface area contributed by atoms with Gasteiger partial charge in [0.25, 0.3) is 0 Å². The molecule has 0 fully saturated rings. The third kappa shape index (κ3) is 2.06. The van der Waals surface area contributed by atoms with E-state index in [0.29, 0.717) is 0 Å². The molecule has 2 nitrogen and oxygen atoms in total. The molecule has 1 aliphatic rings. The Balaban J connectivity index is 2.03. The van der Waals surface area contributed by atoms with Crippen LogP contribution in [0, 0.1) is 0 Å². The first kappa shape index (κ1) is 10.4. The molecule has 1 aliphatic heterocycles. The van der Waals surface area contributed by atoms with Crippen LogP contribution in [0.15, 0.2) is 54.3 Å². The van der Waals surface area contributed by atoms with Gasteiger partial charge in [-0.3, -0.25) is 0 Å². The highest BCUT2D eigenvalue weighted by Gasteiger charge is 2.16. The Labute approximate surface area is 101 Å². The summed E-state index contributed by atoms with van der Waals surface area (Å²) in [5.74, 6) is 0.870. The molecule has 1 radical (unpaired) electrons. The van der Waals surface area contributed by atoms with E-state index in [0.717, 1.165) is 11.3 Å². The molecule has 1 heterocycles. The molecule has 0 saturated heterocycles. The molecule has 1 unspecified atom stereocenters. The molecule has 2 aromatic rings. The maximum Gasteiger partial charge on any atom is 0.572 e. The molecule has 2 aromatic carbocycles. The highest BCUT2D eigenvalue weighted by atomic mass is 16.6. The van der Waals surface area contributed by atoms with Crippen molar-refractivity contribution in [3.8, 4) is 0 Å². The Morgan fingerprint density at radius 2 is 1.88 bits per heavy atom. The number of hydrogen-bond donors (Lipinski definition) is 0. The number of allylic oxidation sites excluding steroid dienone is 1. The molecule has 3 heteroatoms. The molecule has 0 aliphatic carbocycles. The van der Waals surface area contributed by atoms with E-state index in [1.807, 2.05) is 25.1 Å². The van der Waals surface area contributed by atoms with Crippen molar-refractivity contribution in [3.05, 3.63) is 59.9 Å². The van der Waals surface area contributed by atoms with Gasteiger partial charge in [-0.25, -0.2) is 0 Å². The molecule has 0 amide bonds. The molecule has 3 rings (SSSR count). The van der Waals surface area contributed by atoms with Crippen molar-refractivity contribution in [2.75, 3.05) is 0 Å². The van der Waals surface area contributed by atoms with Crippen molar-refractivity contribution in [2.24, 2.45) is 0 Å². The van der Waals surface area contributed by atoms with Crippen LogP contribution in [0.3, 0.4) is 0 Å². The van der Waals surface area contributed by atoms with Crippen molar-refractivity contribution >= 4 is 18.5 Å². The minimum absolute atomic E-state index is 0.0478. The number of fused-ring (bicyclic) bond motifs is 1. The Morgan fingerprint density at radius 1 is 1.06 bits per heavy atom. The van der Waals surface area contributed by atoms with E-state index in [1.165, 1.54) is 18.5 Å². The summed E-state index contributed by atoms with van der Waals surface area (Å²) >= 11 is 0. The quantitative estimate of drug-likeness (QED) is 0.690. The third-order valence-electron chi connectivity index (χ3n) is 2.92. The van der Waals surface area contributed by atoms with E-state index in [-0.39, 0.29) is 6.10 Å². The van der Waals surface area contributed by atoms with Gasteiger partial charge in [-0.1, -0.05) is 36.4 Å². The lowest BCUT2D eigenvalue weighted by atomic mass is 10.0. The first-order valence-corrected chi connectivity index (χ1v) is 5.64. The van der Waals surface area contributed by atoms with Gasteiger partial charge in [0.15, 0.2) is 0 Å². The van der Waals surface area contributed by atoms with Crippen molar-refractivity contribution in [3.63, 3.8) is 0 Å². The maximum absolute atomic E-state index is 5.46. The molecular formula is C14H12BO2. The predicted octanol–water partition coefficient (Wildman–Crippen LogP) is 3.37. The van der Waals surface area contributed by atoms with Gasteiger partial charge in [-0.2, -0.15) is 0 Å². The topological polar surface area (TPSA) is 18.5 Å². The lowest BCUT2D eigenvalue weighted by molar-refractivity contribution is 0.186. The Morgan fingerprint density at radius 3 is 2.71 bits per heavy atom. The van der Waals surface area contributed by atoms with Crippen LogP contribution in [-0.4, -0.2) is 7.69 Å². The molecule has 1 atom stereocenters. The van der Waals surface area contributed by atoms with Crippen LogP contribution in [0.25, 0.3) is 10.8 Å². The van der Waals surface area contributed by atoms with Crippen molar-refractivity contribution in [1.29, 1.82) is 0 Å². The van der Waals surface area contributed by atoms with Crippen LogP contribution in [0.1, 0.15) is 18.6 Å². The Bertz CT molecular complexity index is 577. The second-order valence-electron chi connectivity index (χ2n) is 4.15. The van der Waals surface area contributed by atoms with E-state index in [1.54, 1.807) is 0 Å². The normalized spacial score (nSPS) is 19.4. The summed E-state index contributed by atoms with van der Waals surface area (Å²) in [5.41, 5.74) is 1.14. The number of rotatable bonds is 1. The van der Waals surface area contributed by atoms with Gasteiger partial charge in [-0.15, -0.1) is 0 Å². The van der Waals surface area contributed by atoms with E-state index >= 15 is 0 Å². The van der Waals surface area contributed by atoms with Crippen LogP contribution in [0.5, 0.6) is 0 Å². The monoisotopic (exact) mass is 223 g/mol. The molecule has 83 valence electrons. The van der Waals surface area contributed by atoms with Gasteiger partial charge in [0.2, 0.25) is 0 Å². The summed E-state index contributed by atoms with van der Waals surface area (Å²) in [7, 11) is 1.40. The van der Waals surface area contributed by atoms with Crippen molar-refractivity contribution in [2.45, 2.75) is 13.0 Å². The summed E-state index contributed by atoms with van der Waals surface area (Å²) in [6.45, 7) is 1.92. The smallest absolute Gasteiger partial charge is 0.541 e. The van der Waals surface area contributed by atoms with Gasteiger partial charge in [-0.05, 0) is 35.4 Å². The van der Waals surface area contributed by atoms with Crippen LogP contribution in [-0.2, 0) is 9.31 Å². The molecule has 0 spiro atoms. The molecular weight excluding hydrogens is 211 g/mol. The lowest BCUT2D eigenvalue weighted by Crippen LogP contribution is -2.14. The van der Waals surface area contributed by atoms with E-state index in [2.05, 4.69) is 30.3 Å². The van der Waals surface area contributed by atoms with Crippen molar-refractivity contribution < 1.29 is 9.31 Å². The fourth-order valence-electron chi connectivity index (χ4n) is 2.01. The molecule has 17 heavy (non-hydrogen) atoms. The Kier molecular flexibility index (Phi) is 2.61. The molecule has 0 N–H and O–H groups in total. The van der Waals surface area contributed by atoms with Gasteiger partial charge in [0.05, 0.1) is 11.9 Å². The average Bonchev–Trinajstić information content (AvgIpc) is 2.38. The zero-order valence-corrected chi connectivity index (χ0v) is 9.59. The van der Waals surface area contributed by atoms with Crippen LogP contribution < -0.4 is 0 Å². The number of hydrogen-bond acceptors (Lipinski definition) is 2. The summed E-state index contributed by atoms with van der Waals surface area (Å²) in [6, 6.07) is 14.7.